The topological polar surface area (TPSA) is 108 Å². The number of nitriles is 1. The molecule has 5 rings (SSSR count). The van der Waals surface area contributed by atoms with Crippen LogP contribution in [0.4, 0.5) is 5.69 Å². The third-order valence-electron chi connectivity index (χ3n) is 7.39. The number of likely N-dealkylation sites (tertiary alicyclic amines) is 1. The molecule has 0 bridgehead atoms. The number of nitrogens with two attached hydrogens (primary N) is 1. The van der Waals surface area contributed by atoms with Crippen LogP contribution in [-0.2, 0) is 22.9 Å². The van der Waals surface area contributed by atoms with Gasteiger partial charge >= 0.3 is 0 Å². The van der Waals surface area contributed by atoms with Crippen molar-refractivity contribution >= 4 is 15.7 Å². The van der Waals surface area contributed by atoms with Gasteiger partial charge < -0.3 is 10.5 Å². The first kappa shape index (κ1) is 36.4. The smallest absolute Gasteiger partial charge is 0.229 e. The minimum Gasteiger partial charge on any atom is -0.487 e. The lowest BCUT2D eigenvalue weighted by atomic mass is 9.79. The summed E-state index contributed by atoms with van der Waals surface area (Å²) in [4.78, 5) is 2.59. The fourth-order valence-corrected chi connectivity index (χ4v) is 6.27. The van der Waals surface area contributed by atoms with Gasteiger partial charge in [-0.05, 0) is 73.6 Å². The van der Waals surface area contributed by atoms with Crippen LogP contribution in [0.1, 0.15) is 109 Å². The highest BCUT2D eigenvalue weighted by Crippen LogP contribution is 2.44. The number of hydrogen-bond donors (Lipinski definition) is 2. The van der Waals surface area contributed by atoms with Crippen LogP contribution in [0.25, 0.3) is 0 Å². The molecule has 3 aliphatic rings. The van der Waals surface area contributed by atoms with E-state index in [9.17, 15) is 8.42 Å². The van der Waals surface area contributed by atoms with E-state index in [0.717, 1.165) is 74.7 Å². The van der Waals surface area contributed by atoms with Crippen molar-refractivity contribution in [2.24, 2.45) is 5.73 Å². The van der Waals surface area contributed by atoms with Crippen LogP contribution in [0.2, 0.25) is 0 Å². The average Bonchev–Trinajstić information content (AvgIpc) is 3.01. The van der Waals surface area contributed by atoms with Gasteiger partial charge in [0.15, 0.2) is 0 Å². The van der Waals surface area contributed by atoms with Crippen LogP contribution in [-0.4, -0.2) is 44.3 Å². The summed E-state index contributed by atoms with van der Waals surface area (Å²) in [6.07, 6.45) is 6.92. The zero-order valence-electron chi connectivity index (χ0n) is 26.9. The number of aryl methyl sites for hydroxylation is 1. The second kappa shape index (κ2) is 17.4. The number of hydrogen-bond acceptors (Lipinski definition) is 6. The van der Waals surface area contributed by atoms with Crippen molar-refractivity contribution in [2.45, 2.75) is 112 Å². The summed E-state index contributed by atoms with van der Waals surface area (Å²) < 4.78 is 32.2. The van der Waals surface area contributed by atoms with E-state index in [1.165, 1.54) is 11.1 Å². The largest absolute Gasteiger partial charge is 0.487 e. The molecule has 2 heterocycles. The molecule has 7 nitrogen and oxygen atoms in total. The normalized spacial score (nSPS) is 20.1. The SMILES string of the molecule is CC.CC.CC.CC.CS(=O)(=O)Nc1ccc2c(c1)[C@@H](N)CC1(CCN(C3CCc4cc(C#N)ccc4C3)CC1)O2. The van der Waals surface area contributed by atoms with Gasteiger partial charge in [-0.1, -0.05) is 61.5 Å². The fraction of sp³-hybridized carbons (Fsp3) is 0.606. The maximum Gasteiger partial charge on any atom is 0.229 e. The molecule has 2 atom stereocenters. The van der Waals surface area contributed by atoms with E-state index in [2.05, 4.69) is 21.8 Å². The van der Waals surface area contributed by atoms with Gasteiger partial charge in [0.1, 0.15) is 11.4 Å². The maximum atomic E-state index is 11.6. The first-order chi connectivity index (χ1) is 19.7. The molecule has 3 N–H and O–H groups in total. The Bertz CT molecular complexity index is 1220. The predicted molar refractivity (Wildman–Crippen MR) is 173 cm³/mol. The minimum absolute atomic E-state index is 0.183. The Balaban J connectivity index is 0.000000969. The Labute approximate surface area is 250 Å². The summed E-state index contributed by atoms with van der Waals surface area (Å²) in [7, 11) is -3.34. The zero-order valence-corrected chi connectivity index (χ0v) is 27.7. The second-order valence-electron chi connectivity index (χ2n) is 9.75. The van der Waals surface area contributed by atoms with Crippen molar-refractivity contribution in [1.82, 2.24) is 4.90 Å². The Morgan fingerprint density at radius 2 is 1.61 bits per heavy atom. The standard InChI is InChI=1S/C25H30N4O3S.4C2H6/c1-33(30,31)28-20-5-7-24-22(14-20)23(27)15-25(32-24)8-10-29(11-9-25)21-6-4-18-12-17(16-26)2-3-19(18)13-21;4*1-2/h2-3,5,7,12,14,21,23,28H,4,6,8-11,13,15,27H2,1H3;4*1-2H3/t21?,23-;;;;/m0..../s1. The van der Waals surface area contributed by atoms with E-state index < -0.39 is 10.0 Å². The van der Waals surface area contributed by atoms with Gasteiger partial charge in [0.05, 0.1) is 17.9 Å². The van der Waals surface area contributed by atoms with Gasteiger partial charge in [-0.25, -0.2) is 8.42 Å². The van der Waals surface area contributed by atoms with Crippen molar-refractivity contribution in [2.75, 3.05) is 24.1 Å². The van der Waals surface area contributed by atoms with Crippen LogP contribution < -0.4 is 15.2 Å². The van der Waals surface area contributed by atoms with Gasteiger partial charge in [0.25, 0.3) is 0 Å². The van der Waals surface area contributed by atoms with Gasteiger partial charge in [-0.3, -0.25) is 9.62 Å². The van der Waals surface area contributed by atoms with Crippen molar-refractivity contribution in [3.05, 3.63) is 58.7 Å². The average molecular weight is 587 g/mol. The Morgan fingerprint density at radius 1 is 0.976 bits per heavy atom. The van der Waals surface area contributed by atoms with E-state index in [1.807, 2.05) is 73.6 Å². The summed E-state index contributed by atoms with van der Waals surface area (Å²) in [5.41, 5.74) is 11.1. The van der Waals surface area contributed by atoms with Crippen LogP contribution >= 0.6 is 0 Å². The summed E-state index contributed by atoms with van der Waals surface area (Å²) in [5, 5.41) is 9.15. The maximum absolute atomic E-state index is 11.6. The summed E-state index contributed by atoms with van der Waals surface area (Å²) >= 11 is 0. The Morgan fingerprint density at radius 3 is 2.20 bits per heavy atom. The number of nitrogens with zero attached hydrogens (tertiary/aromatic N) is 2. The van der Waals surface area contributed by atoms with Crippen LogP contribution in [0.3, 0.4) is 0 Å². The number of sulfonamides is 1. The lowest BCUT2D eigenvalue weighted by Gasteiger charge is -2.48. The quantitative estimate of drug-likeness (QED) is 0.393. The number of nitrogens with one attached hydrogen (secondary N) is 1. The molecule has 1 aliphatic carbocycles. The van der Waals surface area contributed by atoms with Gasteiger partial charge in [-0.15, -0.1) is 0 Å². The molecule has 0 saturated carbocycles. The molecule has 0 aromatic heterocycles. The number of piperidine rings is 1. The lowest BCUT2D eigenvalue weighted by Crippen LogP contribution is -2.54. The molecule has 41 heavy (non-hydrogen) atoms. The van der Waals surface area contributed by atoms with Crippen molar-refractivity contribution < 1.29 is 13.2 Å². The molecular formula is C33H54N4O3S. The molecular weight excluding hydrogens is 532 g/mol. The highest BCUT2D eigenvalue weighted by atomic mass is 32.2. The van der Waals surface area contributed by atoms with Crippen molar-refractivity contribution in [3.8, 4) is 11.8 Å². The molecule has 8 heteroatoms. The molecule has 1 saturated heterocycles. The van der Waals surface area contributed by atoms with Crippen LogP contribution in [0.15, 0.2) is 36.4 Å². The van der Waals surface area contributed by atoms with Gasteiger partial charge in [0, 0.05) is 42.8 Å². The number of benzene rings is 2. The first-order valence-corrected chi connectivity index (χ1v) is 17.5. The predicted octanol–water partition coefficient (Wildman–Crippen LogP) is 7.21. The van der Waals surface area contributed by atoms with Crippen LogP contribution in [0.5, 0.6) is 5.75 Å². The van der Waals surface area contributed by atoms with E-state index >= 15 is 0 Å². The number of rotatable bonds is 3. The summed E-state index contributed by atoms with van der Waals surface area (Å²) in [5.74, 6) is 0.765. The van der Waals surface area contributed by atoms with Crippen LogP contribution in [0, 0.1) is 11.3 Å². The first-order valence-electron chi connectivity index (χ1n) is 15.6. The number of anilines is 1. The third kappa shape index (κ3) is 9.73. The van der Waals surface area contributed by atoms with E-state index in [4.69, 9.17) is 15.7 Å². The summed E-state index contributed by atoms with van der Waals surface area (Å²) in [6.45, 7) is 18.0. The third-order valence-corrected chi connectivity index (χ3v) is 8.00. The fourth-order valence-electron chi connectivity index (χ4n) is 5.71. The lowest BCUT2D eigenvalue weighted by molar-refractivity contribution is -0.0323. The Kier molecular flexibility index (Phi) is 15.4. The number of ether oxygens (including phenoxy) is 1. The molecule has 1 spiro atoms. The molecule has 1 unspecified atom stereocenters. The monoisotopic (exact) mass is 586 g/mol. The molecule has 230 valence electrons. The molecule has 2 aromatic carbocycles. The summed E-state index contributed by atoms with van der Waals surface area (Å²) in [6, 6.07) is 14.0. The number of fused-ring (bicyclic) bond motifs is 2. The highest BCUT2D eigenvalue weighted by Gasteiger charge is 2.43. The second-order valence-corrected chi connectivity index (χ2v) is 11.5. The van der Waals surface area contributed by atoms with Crippen molar-refractivity contribution in [3.63, 3.8) is 0 Å². The molecule has 1 fully saturated rings. The molecule has 0 amide bonds. The molecule has 0 radical (unpaired) electrons. The zero-order chi connectivity index (χ0) is 31.2. The molecule has 2 aromatic rings. The van der Waals surface area contributed by atoms with Gasteiger partial charge in [0.2, 0.25) is 10.0 Å². The van der Waals surface area contributed by atoms with Crippen molar-refractivity contribution in [1.29, 1.82) is 5.26 Å². The highest BCUT2D eigenvalue weighted by molar-refractivity contribution is 7.92. The van der Waals surface area contributed by atoms with Gasteiger partial charge in [-0.2, -0.15) is 5.26 Å². The Hall–Kier alpha value is -2.60. The van der Waals surface area contributed by atoms with E-state index in [-0.39, 0.29) is 11.6 Å². The van der Waals surface area contributed by atoms with E-state index in [1.54, 1.807) is 12.1 Å². The minimum atomic E-state index is -3.34. The van der Waals surface area contributed by atoms with E-state index in [0.29, 0.717) is 11.7 Å². The molecule has 2 aliphatic heterocycles.